The zero-order valence-electron chi connectivity index (χ0n) is 20.5. The average Bonchev–Trinajstić information content (AvgIpc) is 2.72. The summed E-state index contributed by atoms with van der Waals surface area (Å²) in [5.74, 6) is -2.93. The van der Waals surface area contributed by atoms with Crippen molar-refractivity contribution in [3.05, 3.63) is 47.7 Å². The lowest BCUT2D eigenvalue weighted by Gasteiger charge is -2.28. The van der Waals surface area contributed by atoms with Gasteiger partial charge in [0.2, 0.25) is 0 Å². The molecule has 0 radical (unpaired) electrons. The van der Waals surface area contributed by atoms with E-state index in [4.69, 9.17) is 9.90 Å². The molecule has 0 saturated carbocycles. The SMILES string of the molecule is Cc1ccccc1S(=O)(=O)Nc1cnc(N(CC(C)C)CC(C)C)c(C(=O)O)c1.O=C(O)C(F)(F)F. The molecule has 2 rings (SSSR count). The van der Waals surface area contributed by atoms with Gasteiger partial charge in [-0.3, -0.25) is 4.72 Å². The topological polar surface area (TPSA) is 137 Å². The monoisotopic (exact) mass is 533 g/mol. The number of hydrogen-bond donors (Lipinski definition) is 3. The second-order valence-corrected chi connectivity index (χ2v) is 10.4. The maximum Gasteiger partial charge on any atom is 0.490 e. The minimum absolute atomic E-state index is 0.0312. The summed E-state index contributed by atoms with van der Waals surface area (Å²) in [4.78, 5) is 27.2. The molecule has 9 nitrogen and oxygen atoms in total. The molecule has 0 saturated heterocycles. The van der Waals surface area contributed by atoms with E-state index in [2.05, 4.69) is 37.4 Å². The fraction of sp³-hybridized carbons (Fsp3) is 0.435. The van der Waals surface area contributed by atoms with Gasteiger partial charge in [-0.2, -0.15) is 13.2 Å². The number of carbonyl (C=O) groups is 2. The number of hydrogen-bond acceptors (Lipinski definition) is 6. The lowest BCUT2D eigenvalue weighted by molar-refractivity contribution is -0.192. The lowest BCUT2D eigenvalue weighted by Crippen LogP contribution is -2.33. The molecule has 0 spiro atoms. The Kier molecular flexibility index (Phi) is 10.7. The molecule has 13 heteroatoms. The minimum Gasteiger partial charge on any atom is -0.478 e. The summed E-state index contributed by atoms with van der Waals surface area (Å²) in [6.45, 7) is 11.2. The highest BCUT2D eigenvalue weighted by Gasteiger charge is 2.38. The molecule has 2 aromatic rings. The largest absolute Gasteiger partial charge is 0.490 e. The predicted octanol–water partition coefficient (Wildman–Crippen LogP) is 4.64. The van der Waals surface area contributed by atoms with Crippen LogP contribution in [0.4, 0.5) is 24.7 Å². The van der Waals surface area contributed by atoms with Crippen LogP contribution in [0.25, 0.3) is 0 Å². The van der Waals surface area contributed by atoms with Crippen molar-refractivity contribution in [3.63, 3.8) is 0 Å². The third kappa shape index (κ3) is 9.36. The van der Waals surface area contributed by atoms with Gasteiger partial charge in [0.15, 0.2) is 0 Å². The zero-order valence-corrected chi connectivity index (χ0v) is 21.3. The fourth-order valence-electron chi connectivity index (χ4n) is 3.12. The predicted molar refractivity (Wildman–Crippen MR) is 129 cm³/mol. The third-order valence-corrected chi connectivity index (χ3v) is 5.99. The van der Waals surface area contributed by atoms with Crippen LogP contribution in [0, 0.1) is 18.8 Å². The molecule has 0 amide bonds. The van der Waals surface area contributed by atoms with E-state index in [9.17, 15) is 31.5 Å². The van der Waals surface area contributed by atoms with Gasteiger partial charge in [-0.15, -0.1) is 0 Å². The van der Waals surface area contributed by atoms with E-state index in [0.717, 1.165) is 0 Å². The number of aromatic carboxylic acids is 1. The first-order valence-corrected chi connectivity index (χ1v) is 12.3. The summed E-state index contributed by atoms with van der Waals surface area (Å²) in [5.41, 5.74) is 0.683. The molecule has 0 aliphatic heterocycles. The summed E-state index contributed by atoms with van der Waals surface area (Å²) in [6.07, 6.45) is -3.72. The number of sulfonamides is 1. The molecule has 1 aromatic heterocycles. The Bertz CT molecular complexity index is 1160. The summed E-state index contributed by atoms with van der Waals surface area (Å²) < 4.78 is 59.6. The summed E-state index contributed by atoms with van der Waals surface area (Å²) >= 11 is 0. The van der Waals surface area contributed by atoms with Crippen molar-refractivity contribution in [2.75, 3.05) is 22.7 Å². The minimum atomic E-state index is -5.08. The molecule has 0 atom stereocenters. The number of aryl methyl sites for hydroxylation is 1. The highest BCUT2D eigenvalue weighted by atomic mass is 32.2. The van der Waals surface area contributed by atoms with Crippen LogP contribution in [-0.2, 0) is 14.8 Å². The van der Waals surface area contributed by atoms with Crippen LogP contribution >= 0.6 is 0 Å². The van der Waals surface area contributed by atoms with Gasteiger partial charge >= 0.3 is 18.1 Å². The third-order valence-electron chi connectivity index (χ3n) is 4.45. The Hall–Kier alpha value is -3.35. The molecular weight excluding hydrogens is 503 g/mol. The van der Waals surface area contributed by atoms with E-state index in [0.29, 0.717) is 36.3 Å². The molecule has 0 aliphatic rings. The number of nitrogens with zero attached hydrogens (tertiary/aromatic N) is 2. The van der Waals surface area contributed by atoms with Crippen molar-refractivity contribution in [2.24, 2.45) is 11.8 Å². The molecule has 3 N–H and O–H groups in total. The summed E-state index contributed by atoms with van der Waals surface area (Å²) in [7, 11) is -3.85. The number of pyridine rings is 1. The van der Waals surface area contributed by atoms with Gasteiger partial charge in [0, 0.05) is 13.1 Å². The Labute approximate surface area is 208 Å². The van der Waals surface area contributed by atoms with E-state index < -0.39 is 28.1 Å². The number of benzene rings is 1. The van der Waals surface area contributed by atoms with E-state index in [1.54, 1.807) is 25.1 Å². The number of halogens is 3. The van der Waals surface area contributed by atoms with Gasteiger partial charge in [0.1, 0.15) is 11.4 Å². The van der Waals surface area contributed by atoms with Gasteiger partial charge < -0.3 is 15.1 Å². The maximum absolute atomic E-state index is 12.7. The number of carboxylic acid groups (broad SMARTS) is 2. The first-order valence-electron chi connectivity index (χ1n) is 10.8. The Morgan fingerprint density at radius 3 is 1.97 bits per heavy atom. The van der Waals surface area contributed by atoms with Crippen LogP contribution in [-0.4, -0.2) is 54.8 Å². The molecular formula is C23H30F3N3O6S. The highest BCUT2D eigenvalue weighted by molar-refractivity contribution is 7.92. The van der Waals surface area contributed by atoms with Gasteiger partial charge in [-0.25, -0.2) is 23.0 Å². The van der Waals surface area contributed by atoms with Crippen molar-refractivity contribution >= 4 is 33.5 Å². The van der Waals surface area contributed by atoms with E-state index in [-0.39, 0.29) is 16.1 Å². The first kappa shape index (κ1) is 30.7. The van der Waals surface area contributed by atoms with Crippen molar-refractivity contribution < 1.29 is 41.4 Å². The number of anilines is 2. The summed E-state index contributed by atoms with van der Waals surface area (Å²) in [6, 6.07) is 7.93. The van der Waals surface area contributed by atoms with Crippen LogP contribution in [0.2, 0.25) is 0 Å². The fourth-order valence-corrected chi connectivity index (χ4v) is 4.40. The Morgan fingerprint density at radius 1 is 1.06 bits per heavy atom. The number of aliphatic carboxylic acids is 1. The average molecular weight is 534 g/mol. The van der Waals surface area contributed by atoms with Gasteiger partial charge in [-0.1, -0.05) is 45.9 Å². The number of carboxylic acids is 2. The molecule has 1 heterocycles. The molecule has 0 fully saturated rings. The second-order valence-electron chi connectivity index (χ2n) is 8.77. The lowest BCUT2D eigenvalue weighted by atomic mass is 10.1. The molecule has 0 bridgehead atoms. The van der Waals surface area contributed by atoms with Gasteiger partial charge in [0.05, 0.1) is 16.8 Å². The van der Waals surface area contributed by atoms with E-state index >= 15 is 0 Å². The Balaban J connectivity index is 0.000000809. The van der Waals surface area contributed by atoms with E-state index in [1.807, 2.05) is 4.90 Å². The second kappa shape index (κ2) is 12.6. The van der Waals surface area contributed by atoms with Crippen molar-refractivity contribution in [2.45, 2.75) is 45.7 Å². The van der Waals surface area contributed by atoms with Crippen LogP contribution in [0.1, 0.15) is 43.6 Å². The summed E-state index contributed by atoms with van der Waals surface area (Å²) in [5, 5.41) is 16.8. The van der Waals surface area contributed by atoms with Crippen LogP contribution in [0.3, 0.4) is 0 Å². The first-order chi connectivity index (χ1) is 16.5. The highest BCUT2D eigenvalue weighted by Crippen LogP contribution is 2.25. The van der Waals surface area contributed by atoms with Gasteiger partial charge in [-0.05, 0) is 36.5 Å². The van der Waals surface area contributed by atoms with Crippen LogP contribution < -0.4 is 9.62 Å². The smallest absolute Gasteiger partial charge is 0.478 e. The number of nitrogens with one attached hydrogen (secondary N) is 1. The van der Waals surface area contributed by atoms with Crippen molar-refractivity contribution in [1.82, 2.24) is 4.98 Å². The number of aromatic nitrogens is 1. The molecule has 0 unspecified atom stereocenters. The van der Waals surface area contributed by atoms with E-state index in [1.165, 1.54) is 18.3 Å². The molecule has 200 valence electrons. The van der Waals surface area contributed by atoms with Crippen molar-refractivity contribution in [1.29, 1.82) is 0 Å². The number of rotatable bonds is 9. The standard InChI is InChI=1S/C21H29N3O4S.C2HF3O2/c1-14(2)12-24(13-15(3)4)20-18(21(25)26)10-17(11-22-20)23-29(27,28)19-9-7-6-8-16(19)5;3-2(4,5)1(6)7/h6-11,14-15,23H,12-13H2,1-5H3,(H,25,26);(H,6,7). The van der Waals surface area contributed by atoms with Crippen molar-refractivity contribution in [3.8, 4) is 0 Å². The van der Waals surface area contributed by atoms with Crippen LogP contribution in [0.15, 0.2) is 41.4 Å². The van der Waals surface area contributed by atoms with Crippen LogP contribution in [0.5, 0.6) is 0 Å². The quantitative estimate of drug-likeness (QED) is 0.424. The normalized spacial score (nSPS) is 11.6. The maximum atomic E-state index is 12.7. The molecule has 0 aliphatic carbocycles. The Morgan fingerprint density at radius 2 is 1.56 bits per heavy atom. The molecule has 36 heavy (non-hydrogen) atoms. The molecule has 1 aromatic carbocycles. The zero-order chi connectivity index (χ0) is 27.8. The van der Waals surface area contributed by atoms with Gasteiger partial charge in [0.25, 0.3) is 10.0 Å². The number of alkyl halides is 3.